The molecular formula is C21H24N4O2. The largest absolute Gasteiger partial charge is 0.342 e. The number of nitrogens with zero attached hydrogens (tertiary/aromatic N) is 4. The molecule has 0 N–H and O–H groups in total. The van der Waals surface area contributed by atoms with E-state index in [2.05, 4.69) is 34.2 Å². The number of carbonyl (C=O) groups excluding carboxylic acids is 2. The maximum absolute atomic E-state index is 12.7. The molecule has 2 saturated heterocycles. The van der Waals surface area contributed by atoms with Crippen LogP contribution in [-0.2, 0) is 11.2 Å². The highest BCUT2D eigenvalue weighted by Crippen LogP contribution is 2.25. The van der Waals surface area contributed by atoms with Crippen molar-refractivity contribution in [1.29, 1.82) is 0 Å². The van der Waals surface area contributed by atoms with Crippen LogP contribution in [0.1, 0.15) is 28.9 Å². The van der Waals surface area contributed by atoms with E-state index >= 15 is 0 Å². The minimum atomic E-state index is -0.145. The van der Waals surface area contributed by atoms with Crippen LogP contribution < -0.4 is 0 Å². The molecule has 2 fully saturated rings. The monoisotopic (exact) mass is 364 g/mol. The van der Waals surface area contributed by atoms with Gasteiger partial charge in [-0.25, -0.2) is 4.98 Å². The molecule has 3 heterocycles. The van der Waals surface area contributed by atoms with E-state index in [1.54, 1.807) is 11.1 Å². The fourth-order valence-corrected chi connectivity index (χ4v) is 3.94. The van der Waals surface area contributed by atoms with Crippen molar-refractivity contribution < 1.29 is 9.59 Å². The van der Waals surface area contributed by atoms with E-state index in [4.69, 9.17) is 0 Å². The molecule has 0 saturated carbocycles. The summed E-state index contributed by atoms with van der Waals surface area (Å²) in [5.41, 5.74) is 1.71. The quantitative estimate of drug-likeness (QED) is 0.833. The summed E-state index contributed by atoms with van der Waals surface area (Å²) in [6.07, 6.45) is 7.71. The van der Waals surface area contributed by atoms with Crippen molar-refractivity contribution in [2.45, 2.75) is 19.3 Å². The van der Waals surface area contributed by atoms with Gasteiger partial charge in [0.25, 0.3) is 5.91 Å². The molecule has 6 heteroatoms. The van der Waals surface area contributed by atoms with E-state index in [1.807, 2.05) is 11.0 Å². The van der Waals surface area contributed by atoms with Gasteiger partial charge in [0.1, 0.15) is 5.69 Å². The van der Waals surface area contributed by atoms with E-state index in [1.165, 1.54) is 18.0 Å². The van der Waals surface area contributed by atoms with Gasteiger partial charge in [-0.1, -0.05) is 30.3 Å². The van der Waals surface area contributed by atoms with E-state index < -0.39 is 0 Å². The average Bonchev–Trinajstić information content (AvgIpc) is 2.69. The standard InChI is InChI=1S/C21H24N4O2/c26-20(18-14-25(15-18)21(27)19-13-22-8-9-23-19)24-10-6-17(7-11-24)12-16-4-2-1-3-5-16/h1-5,8-9,13,17-18H,6-7,10-12,14-15H2. The van der Waals surface area contributed by atoms with E-state index in [9.17, 15) is 9.59 Å². The van der Waals surface area contributed by atoms with Crippen LogP contribution in [0.15, 0.2) is 48.9 Å². The van der Waals surface area contributed by atoms with Crippen LogP contribution in [0.25, 0.3) is 0 Å². The Morgan fingerprint density at radius 1 is 1.00 bits per heavy atom. The molecule has 2 aliphatic rings. The first-order valence-electron chi connectivity index (χ1n) is 9.58. The first kappa shape index (κ1) is 17.6. The van der Waals surface area contributed by atoms with Crippen LogP contribution in [-0.4, -0.2) is 57.8 Å². The minimum Gasteiger partial charge on any atom is -0.342 e. The van der Waals surface area contributed by atoms with Crippen LogP contribution in [0.3, 0.4) is 0 Å². The lowest BCUT2D eigenvalue weighted by molar-refractivity contribution is -0.141. The number of rotatable bonds is 4. The summed E-state index contributed by atoms with van der Waals surface area (Å²) in [4.78, 5) is 36.6. The number of piperidine rings is 1. The lowest BCUT2D eigenvalue weighted by Gasteiger charge is -2.42. The van der Waals surface area contributed by atoms with Crippen molar-refractivity contribution in [2.75, 3.05) is 26.2 Å². The van der Waals surface area contributed by atoms with Crippen LogP contribution >= 0.6 is 0 Å². The second-order valence-electron chi connectivity index (χ2n) is 7.46. The van der Waals surface area contributed by atoms with Gasteiger partial charge >= 0.3 is 0 Å². The van der Waals surface area contributed by atoms with Crippen molar-refractivity contribution in [3.05, 3.63) is 60.2 Å². The third-order valence-electron chi connectivity index (χ3n) is 5.59. The molecule has 6 nitrogen and oxygen atoms in total. The van der Waals surface area contributed by atoms with Crippen molar-refractivity contribution in [3.8, 4) is 0 Å². The van der Waals surface area contributed by atoms with E-state index in [0.717, 1.165) is 32.4 Å². The third-order valence-corrected chi connectivity index (χ3v) is 5.59. The highest BCUT2D eigenvalue weighted by molar-refractivity contribution is 5.94. The fraction of sp³-hybridized carbons (Fsp3) is 0.429. The molecule has 0 radical (unpaired) electrons. The number of likely N-dealkylation sites (tertiary alicyclic amines) is 2. The van der Waals surface area contributed by atoms with Gasteiger partial charge in [-0.05, 0) is 30.7 Å². The highest BCUT2D eigenvalue weighted by Gasteiger charge is 2.39. The number of hydrogen-bond donors (Lipinski definition) is 0. The zero-order valence-corrected chi connectivity index (χ0v) is 15.3. The van der Waals surface area contributed by atoms with Crippen LogP contribution in [0.4, 0.5) is 0 Å². The average molecular weight is 364 g/mol. The smallest absolute Gasteiger partial charge is 0.274 e. The summed E-state index contributed by atoms with van der Waals surface area (Å²) in [5.74, 6) is 0.619. The third kappa shape index (κ3) is 3.99. The summed E-state index contributed by atoms with van der Waals surface area (Å²) in [7, 11) is 0. The molecule has 0 spiro atoms. The Balaban J connectivity index is 1.23. The van der Waals surface area contributed by atoms with Crippen molar-refractivity contribution in [2.24, 2.45) is 11.8 Å². The zero-order valence-electron chi connectivity index (χ0n) is 15.3. The summed E-state index contributed by atoms with van der Waals surface area (Å²) < 4.78 is 0. The lowest BCUT2D eigenvalue weighted by Crippen LogP contribution is -2.57. The van der Waals surface area contributed by atoms with Gasteiger partial charge < -0.3 is 9.80 Å². The molecule has 2 aliphatic heterocycles. The number of hydrogen-bond acceptors (Lipinski definition) is 4. The predicted octanol–water partition coefficient (Wildman–Crippen LogP) is 2.03. The molecule has 4 rings (SSSR count). The highest BCUT2D eigenvalue weighted by atomic mass is 16.2. The van der Waals surface area contributed by atoms with Crippen LogP contribution in [0, 0.1) is 11.8 Å². The van der Waals surface area contributed by atoms with E-state index in [-0.39, 0.29) is 17.7 Å². The van der Waals surface area contributed by atoms with Gasteiger partial charge in [-0.2, -0.15) is 0 Å². The van der Waals surface area contributed by atoms with Gasteiger partial charge in [-0.3, -0.25) is 14.6 Å². The van der Waals surface area contributed by atoms with Gasteiger partial charge in [0, 0.05) is 38.6 Å². The van der Waals surface area contributed by atoms with E-state index in [0.29, 0.717) is 24.7 Å². The fourth-order valence-electron chi connectivity index (χ4n) is 3.94. The summed E-state index contributed by atoms with van der Waals surface area (Å²) in [6, 6.07) is 10.6. The Labute approximate surface area is 159 Å². The van der Waals surface area contributed by atoms with Crippen molar-refractivity contribution >= 4 is 11.8 Å². The predicted molar refractivity (Wildman–Crippen MR) is 101 cm³/mol. The lowest BCUT2D eigenvalue weighted by atomic mass is 9.89. The Bertz CT molecular complexity index is 782. The van der Waals surface area contributed by atoms with Crippen LogP contribution in [0.5, 0.6) is 0 Å². The molecule has 0 atom stereocenters. The Morgan fingerprint density at radius 3 is 2.41 bits per heavy atom. The molecule has 1 aromatic carbocycles. The molecule has 0 unspecified atom stereocenters. The molecule has 0 aliphatic carbocycles. The molecule has 2 amide bonds. The van der Waals surface area contributed by atoms with Gasteiger partial charge in [0.05, 0.1) is 12.1 Å². The summed E-state index contributed by atoms with van der Waals surface area (Å²) in [6.45, 7) is 2.62. The number of amides is 2. The Morgan fingerprint density at radius 2 is 1.74 bits per heavy atom. The SMILES string of the molecule is O=C(c1cnccn1)N1CC(C(=O)N2CCC(Cc3ccccc3)CC2)C1. The second-order valence-corrected chi connectivity index (χ2v) is 7.46. The van der Waals surface area contributed by atoms with Crippen molar-refractivity contribution in [1.82, 2.24) is 19.8 Å². The minimum absolute atomic E-state index is 0.0729. The molecule has 1 aromatic heterocycles. The maximum atomic E-state index is 12.7. The molecule has 0 bridgehead atoms. The number of benzene rings is 1. The molecular weight excluding hydrogens is 340 g/mol. The van der Waals surface area contributed by atoms with Gasteiger partial charge in [0.2, 0.25) is 5.91 Å². The van der Waals surface area contributed by atoms with Crippen molar-refractivity contribution in [3.63, 3.8) is 0 Å². The van der Waals surface area contributed by atoms with Gasteiger partial charge in [0.15, 0.2) is 0 Å². The summed E-state index contributed by atoms with van der Waals surface area (Å²) in [5, 5.41) is 0. The summed E-state index contributed by atoms with van der Waals surface area (Å²) >= 11 is 0. The first-order chi connectivity index (χ1) is 13.2. The normalized spacial score (nSPS) is 18.2. The molecule has 140 valence electrons. The second kappa shape index (κ2) is 7.86. The Hall–Kier alpha value is -2.76. The first-order valence-corrected chi connectivity index (χ1v) is 9.58. The van der Waals surface area contributed by atoms with Gasteiger partial charge in [-0.15, -0.1) is 0 Å². The maximum Gasteiger partial charge on any atom is 0.274 e. The number of carbonyl (C=O) groups is 2. The Kier molecular flexibility index (Phi) is 5.14. The molecule has 2 aromatic rings. The topological polar surface area (TPSA) is 66.4 Å². The zero-order chi connectivity index (χ0) is 18.6. The number of aromatic nitrogens is 2. The van der Waals surface area contributed by atoms with Crippen LogP contribution in [0.2, 0.25) is 0 Å². The molecule has 27 heavy (non-hydrogen) atoms.